The highest BCUT2D eigenvalue weighted by Gasteiger charge is 2.26. The maximum atomic E-state index is 13.3. The lowest BCUT2D eigenvalue weighted by atomic mass is 10.3. The number of halogens is 2. The van der Waals surface area contributed by atoms with Gasteiger partial charge < -0.3 is 20.3 Å². The molecule has 1 unspecified atom stereocenters. The van der Waals surface area contributed by atoms with Gasteiger partial charge in [-0.25, -0.2) is 4.39 Å². The van der Waals surface area contributed by atoms with Crippen LogP contribution in [0.2, 0.25) is 0 Å². The lowest BCUT2D eigenvalue weighted by Crippen LogP contribution is -2.54. The molecule has 1 heterocycles. The maximum absolute atomic E-state index is 13.3. The summed E-state index contributed by atoms with van der Waals surface area (Å²) in [5.41, 5.74) is 0. The molecule has 1 atom stereocenters. The molecule has 1 aliphatic carbocycles. The summed E-state index contributed by atoms with van der Waals surface area (Å²) in [7, 11) is 1.76. The van der Waals surface area contributed by atoms with Crippen LogP contribution < -0.4 is 15.4 Å². The van der Waals surface area contributed by atoms with E-state index in [0.717, 1.165) is 45.0 Å². The summed E-state index contributed by atoms with van der Waals surface area (Å²) in [6.45, 7) is 6.25. The second-order valence-electron chi connectivity index (χ2n) is 7.42. The number of aliphatic imine (C=N–C) groups is 1. The van der Waals surface area contributed by atoms with Crippen molar-refractivity contribution in [3.8, 4) is 5.75 Å². The number of piperazine rings is 1. The van der Waals surface area contributed by atoms with Crippen molar-refractivity contribution in [1.29, 1.82) is 0 Å². The van der Waals surface area contributed by atoms with Gasteiger partial charge in [-0.05, 0) is 31.9 Å². The van der Waals surface area contributed by atoms with Crippen LogP contribution in [-0.2, 0) is 4.79 Å². The Labute approximate surface area is 189 Å². The topological polar surface area (TPSA) is 69.2 Å². The zero-order valence-electron chi connectivity index (χ0n) is 17.1. The number of ether oxygens (including phenoxy) is 1. The first-order valence-electron chi connectivity index (χ1n) is 9.93. The summed E-state index contributed by atoms with van der Waals surface area (Å²) in [6, 6.07) is 6.56. The molecule has 1 aliphatic heterocycles. The van der Waals surface area contributed by atoms with E-state index in [9.17, 15) is 9.18 Å². The molecule has 2 fully saturated rings. The lowest BCUT2D eigenvalue weighted by molar-refractivity contribution is -0.122. The van der Waals surface area contributed by atoms with E-state index >= 15 is 0 Å². The van der Waals surface area contributed by atoms with E-state index in [2.05, 4.69) is 25.4 Å². The number of guanidine groups is 1. The molecule has 1 aromatic carbocycles. The van der Waals surface area contributed by atoms with Crippen molar-refractivity contribution >= 4 is 35.8 Å². The van der Waals surface area contributed by atoms with Gasteiger partial charge in [-0.1, -0.05) is 6.07 Å². The molecule has 0 spiro atoms. The summed E-state index contributed by atoms with van der Waals surface area (Å²) in [6.07, 6.45) is 2.09. The number of amides is 1. The number of rotatable bonds is 7. The average Bonchev–Trinajstić information content (AvgIpc) is 3.47. The van der Waals surface area contributed by atoms with Crippen molar-refractivity contribution in [2.24, 2.45) is 4.99 Å². The Hall–Kier alpha value is -1.62. The molecule has 2 aliphatic rings. The molecular formula is C20H31FIN5O2. The molecule has 162 valence electrons. The molecular weight excluding hydrogens is 488 g/mol. The third-order valence-corrected chi connectivity index (χ3v) is 4.87. The zero-order chi connectivity index (χ0) is 19.9. The number of carbonyl (C=O) groups is 1. The van der Waals surface area contributed by atoms with E-state index in [1.165, 1.54) is 12.1 Å². The van der Waals surface area contributed by atoms with Crippen LogP contribution in [0.3, 0.4) is 0 Å². The van der Waals surface area contributed by atoms with E-state index in [0.29, 0.717) is 24.9 Å². The van der Waals surface area contributed by atoms with Crippen molar-refractivity contribution < 1.29 is 13.9 Å². The van der Waals surface area contributed by atoms with Crippen LogP contribution in [0.15, 0.2) is 29.3 Å². The largest absolute Gasteiger partial charge is 0.489 e. The van der Waals surface area contributed by atoms with Gasteiger partial charge in [-0.2, -0.15) is 0 Å². The zero-order valence-corrected chi connectivity index (χ0v) is 19.4. The molecule has 0 bridgehead atoms. The van der Waals surface area contributed by atoms with Gasteiger partial charge in [0.05, 0.1) is 13.1 Å². The van der Waals surface area contributed by atoms with Crippen LogP contribution in [0, 0.1) is 5.82 Å². The Morgan fingerprint density at radius 2 is 2.03 bits per heavy atom. The summed E-state index contributed by atoms with van der Waals surface area (Å²) in [5, 5.41) is 6.36. The monoisotopic (exact) mass is 519 g/mol. The van der Waals surface area contributed by atoms with Gasteiger partial charge in [-0.3, -0.25) is 14.7 Å². The maximum Gasteiger partial charge on any atom is 0.234 e. The predicted molar refractivity (Wildman–Crippen MR) is 122 cm³/mol. The highest BCUT2D eigenvalue weighted by atomic mass is 127. The number of nitrogens with zero attached hydrogens (tertiary/aromatic N) is 3. The minimum Gasteiger partial charge on any atom is -0.489 e. The smallest absolute Gasteiger partial charge is 0.234 e. The van der Waals surface area contributed by atoms with Crippen LogP contribution in [0.25, 0.3) is 0 Å². The SMILES string of the molecule is CN=C(NCC(C)Oc1cccc(F)c1)N1CCN(CC(=O)NC2CC2)CC1.I. The van der Waals surface area contributed by atoms with Gasteiger partial charge in [0.1, 0.15) is 17.7 Å². The molecule has 0 radical (unpaired) electrons. The normalized spacial score (nSPS) is 18.6. The van der Waals surface area contributed by atoms with Crippen LogP contribution >= 0.6 is 24.0 Å². The first kappa shape index (κ1) is 23.7. The molecule has 7 nitrogen and oxygen atoms in total. The van der Waals surface area contributed by atoms with Crippen LogP contribution in [-0.4, -0.2) is 80.1 Å². The van der Waals surface area contributed by atoms with Gasteiger partial charge in [-0.15, -0.1) is 24.0 Å². The predicted octanol–water partition coefficient (Wildman–Crippen LogP) is 1.68. The van der Waals surface area contributed by atoms with Gasteiger partial charge in [0.15, 0.2) is 5.96 Å². The Kier molecular flexibility index (Phi) is 9.41. The summed E-state index contributed by atoms with van der Waals surface area (Å²) < 4.78 is 19.0. The lowest BCUT2D eigenvalue weighted by Gasteiger charge is -2.36. The van der Waals surface area contributed by atoms with Gasteiger partial charge >= 0.3 is 0 Å². The van der Waals surface area contributed by atoms with Gasteiger partial charge in [0.25, 0.3) is 0 Å². The highest BCUT2D eigenvalue weighted by molar-refractivity contribution is 14.0. The van der Waals surface area contributed by atoms with E-state index < -0.39 is 0 Å². The molecule has 0 aromatic heterocycles. The van der Waals surface area contributed by atoms with E-state index in [-0.39, 0.29) is 41.8 Å². The Morgan fingerprint density at radius 3 is 2.66 bits per heavy atom. The van der Waals surface area contributed by atoms with Crippen LogP contribution in [0.1, 0.15) is 19.8 Å². The molecule has 1 saturated carbocycles. The Bertz CT molecular complexity index is 693. The van der Waals surface area contributed by atoms with Gasteiger partial charge in [0.2, 0.25) is 5.91 Å². The first-order valence-corrected chi connectivity index (χ1v) is 9.93. The minimum absolute atomic E-state index is 0. The van der Waals surface area contributed by atoms with E-state index in [1.54, 1.807) is 19.2 Å². The number of benzene rings is 1. The standard InChI is InChI=1S/C20H30FN5O2.HI/c1-15(28-18-5-3-4-16(21)12-18)13-23-20(22-2)26-10-8-25(9-11-26)14-19(27)24-17-6-7-17;/h3-5,12,15,17H,6-11,13-14H2,1-2H3,(H,22,23)(H,24,27);1H. The number of hydrogen-bond donors (Lipinski definition) is 2. The third-order valence-electron chi connectivity index (χ3n) is 4.87. The number of nitrogens with one attached hydrogen (secondary N) is 2. The van der Waals surface area contributed by atoms with Crippen molar-refractivity contribution in [2.75, 3.05) is 46.3 Å². The number of hydrogen-bond acceptors (Lipinski definition) is 4. The fraction of sp³-hybridized carbons (Fsp3) is 0.600. The van der Waals surface area contributed by atoms with E-state index in [1.807, 2.05) is 6.92 Å². The second kappa shape index (κ2) is 11.5. The van der Waals surface area contributed by atoms with Crippen LogP contribution in [0.4, 0.5) is 4.39 Å². The second-order valence-corrected chi connectivity index (χ2v) is 7.42. The summed E-state index contributed by atoms with van der Waals surface area (Å²) in [5.74, 6) is 1.15. The van der Waals surface area contributed by atoms with E-state index in [4.69, 9.17) is 4.74 Å². The quantitative estimate of drug-likeness (QED) is 0.326. The Balaban J connectivity index is 0.00000300. The van der Waals surface area contributed by atoms with Crippen molar-refractivity contribution in [2.45, 2.75) is 31.9 Å². The summed E-state index contributed by atoms with van der Waals surface area (Å²) in [4.78, 5) is 20.7. The molecule has 2 N–H and O–H groups in total. The molecule has 29 heavy (non-hydrogen) atoms. The molecule has 3 rings (SSSR count). The fourth-order valence-corrected chi connectivity index (χ4v) is 3.20. The first-order chi connectivity index (χ1) is 13.5. The third kappa shape index (κ3) is 7.96. The fourth-order valence-electron chi connectivity index (χ4n) is 3.20. The molecule has 9 heteroatoms. The minimum atomic E-state index is -0.308. The van der Waals surface area contributed by atoms with Crippen molar-refractivity contribution in [3.05, 3.63) is 30.1 Å². The molecule has 1 aromatic rings. The average molecular weight is 519 g/mol. The van der Waals surface area contributed by atoms with Gasteiger partial charge in [0, 0.05) is 45.3 Å². The Morgan fingerprint density at radius 1 is 1.31 bits per heavy atom. The molecule has 1 saturated heterocycles. The van der Waals surface area contributed by atoms with Crippen molar-refractivity contribution in [3.63, 3.8) is 0 Å². The van der Waals surface area contributed by atoms with Crippen LogP contribution in [0.5, 0.6) is 5.75 Å². The number of carbonyl (C=O) groups excluding carboxylic acids is 1. The summed E-state index contributed by atoms with van der Waals surface area (Å²) >= 11 is 0. The molecule has 1 amide bonds. The highest BCUT2D eigenvalue weighted by Crippen LogP contribution is 2.18. The van der Waals surface area contributed by atoms with Crippen molar-refractivity contribution in [1.82, 2.24) is 20.4 Å².